The average molecular weight is 211 g/mol. The predicted molar refractivity (Wildman–Crippen MR) is 63.6 cm³/mol. The first-order valence-corrected chi connectivity index (χ1v) is 6.44. The van der Waals surface area contributed by atoms with Gasteiger partial charge < -0.3 is 5.32 Å². The Morgan fingerprint density at radius 2 is 1.93 bits per heavy atom. The second-order valence-corrected chi connectivity index (χ2v) is 5.05. The van der Waals surface area contributed by atoms with E-state index in [0.717, 1.165) is 13.0 Å². The molecule has 2 atom stereocenters. The van der Waals surface area contributed by atoms with E-state index in [1.165, 1.54) is 25.7 Å². The summed E-state index contributed by atoms with van der Waals surface area (Å²) in [5.41, 5.74) is 0. The first-order chi connectivity index (χ1) is 7.16. The third kappa shape index (κ3) is 3.51. The first kappa shape index (κ1) is 12.5. The van der Waals surface area contributed by atoms with E-state index in [2.05, 4.69) is 19.2 Å². The van der Waals surface area contributed by atoms with Crippen LogP contribution in [-0.4, -0.2) is 12.5 Å². The van der Waals surface area contributed by atoms with Crippen molar-refractivity contribution >= 4 is 5.91 Å². The summed E-state index contributed by atoms with van der Waals surface area (Å²) < 4.78 is 0. The highest BCUT2D eigenvalue weighted by atomic mass is 16.1. The van der Waals surface area contributed by atoms with Crippen molar-refractivity contribution in [3.8, 4) is 0 Å². The monoisotopic (exact) mass is 211 g/mol. The van der Waals surface area contributed by atoms with E-state index >= 15 is 0 Å². The molecule has 1 fully saturated rings. The quantitative estimate of drug-likeness (QED) is 0.714. The van der Waals surface area contributed by atoms with Gasteiger partial charge in [0.1, 0.15) is 0 Å². The van der Waals surface area contributed by atoms with Crippen LogP contribution in [0.4, 0.5) is 0 Å². The van der Waals surface area contributed by atoms with Crippen molar-refractivity contribution in [1.82, 2.24) is 5.32 Å². The number of rotatable bonds is 3. The lowest BCUT2D eigenvalue weighted by Crippen LogP contribution is -2.36. The molecule has 1 aliphatic rings. The van der Waals surface area contributed by atoms with Gasteiger partial charge in [0.2, 0.25) is 5.91 Å². The minimum absolute atomic E-state index is 0.271. The largest absolute Gasteiger partial charge is 0.356 e. The van der Waals surface area contributed by atoms with Crippen LogP contribution in [0.15, 0.2) is 0 Å². The Kier molecular flexibility index (Phi) is 5.13. The Morgan fingerprint density at radius 1 is 1.27 bits per heavy atom. The zero-order valence-corrected chi connectivity index (χ0v) is 10.4. The molecule has 0 bridgehead atoms. The third-order valence-electron chi connectivity index (χ3n) is 3.61. The molecular formula is C13H25NO. The van der Waals surface area contributed by atoms with E-state index in [1.54, 1.807) is 0 Å². The van der Waals surface area contributed by atoms with Crippen LogP contribution in [0, 0.1) is 17.8 Å². The zero-order chi connectivity index (χ0) is 11.3. The molecule has 0 aromatic heterocycles. The summed E-state index contributed by atoms with van der Waals surface area (Å²) in [6.45, 7) is 7.27. The third-order valence-corrected chi connectivity index (χ3v) is 3.61. The maximum Gasteiger partial charge on any atom is 0.223 e. The summed E-state index contributed by atoms with van der Waals surface area (Å²) in [5.74, 6) is 1.79. The molecule has 1 rings (SSSR count). The Morgan fingerprint density at radius 3 is 2.53 bits per heavy atom. The number of hydrogen-bond donors (Lipinski definition) is 1. The van der Waals surface area contributed by atoms with Gasteiger partial charge in [0.25, 0.3) is 0 Å². The molecule has 1 amide bonds. The van der Waals surface area contributed by atoms with Gasteiger partial charge in [-0.05, 0) is 31.6 Å². The van der Waals surface area contributed by atoms with Gasteiger partial charge in [0.05, 0.1) is 0 Å². The van der Waals surface area contributed by atoms with Gasteiger partial charge in [-0.15, -0.1) is 0 Å². The molecular weight excluding hydrogens is 186 g/mol. The molecule has 0 saturated heterocycles. The van der Waals surface area contributed by atoms with Crippen LogP contribution in [0.5, 0.6) is 0 Å². The number of carbonyl (C=O) groups is 1. The Balaban J connectivity index is 2.65. The van der Waals surface area contributed by atoms with Crippen LogP contribution < -0.4 is 5.32 Å². The molecule has 0 aromatic rings. The smallest absolute Gasteiger partial charge is 0.223 e. The molecule has 1 aliphatic carbocycles. The molecule has 0 heterocycles. The molecule has 2 nitrogen and oxygen atoms in total. The summed E-state index contributed by atoms with van der Waals surface area (Å²) >= 11 is 0. The van der Waals surface area contributed by atoms with Crippen molar-refractivity contribution in [2.24, 2.45) is 17.8 Å². The van der Waals surface area contributed by atoms with Crippen LogP contribution in [0.2, 0.25) is 0 Å². The standard InChI is InChI=1S/C13H25NO/c1-4-14-13(15)12-9-7-5-6-8-11(12)10(2)3/h10-12H,4-9H2,1-3H3,(H,14,15). The lowest BCUT2D eigenvalue weighted by Gasteiger charge is -2.27. The first-order valence-electron chi connectivity index (χ1n) is 6.44. The summed E-state index contributed by atoms with van der Waals surface area (Å²) in [7, 11) is 0. The van der Waals surface area contributed by atoms with Crippen molar-refractivity contribution in [2.45, 2.75) is 52.9 Å². The van der Waals surface area contributed by atoms with Crippen LogP contribution in [0.1, 0.15) is 52.9 Å². The van der Waals surface area contributed by atoms with Crippen molar-refractivity contribution < 1.29 is 4.79 Å². The van der Waals surface area contributed by atoms with Gasteiger partial charge in [-0.25, -0.2) is 0 Å². The highest BCUT2D eigenvalue weighted by Gasteiger charge is 2.30. The highest BCUT2D eigenvalue weighted by molar-refractivity contribution is 5.78. The van der Waals surface area contributed by atoms with Gasteiger partial charge in [0, 0.05) is 12.5 Å². The Bertz CT molecular complexity index is 201. The van der Waals surface area contributed by atoms with E-state index < -0.39 is 0 Å². The number of amides is 1. The molecule has 0 aromatic carbocycles. The normalized spacial score (nSPS) is 27.5. The SMILES string of the molecule is CCNC(=O)C1CCCCCC1C(C)C. The van der Waals surface area contributed by atoms with Gasteiger partial charge in [-0.2, -0.15) is 0 Å². The van der Waals surface area contributed by atoms with Crippen LogP contribution in [0.25, 0.3) is 0 Å². The van der Waals surface area contributed by atoms with Crippen molar-refractivity contribution in [2.75, 3.05) is 6.54 Å². The second kappa shape index (κ2) is 6.14. The minimum atomic E-state index is 0.271. The zero-order valence-electron chi connectivity index (χ0n) is 10.4. The summed E-state index contributed by atoms with van der Waals surface area (Å²) in [5, 5.41) is 2.99. The molecule has 1 saturated carbocycles. The number of hydrogen-bond acceptors (Lipinski definition) is 1. The molecule has 2 heteroatoms. The average Bonchev–Trinajstić information content (AvgIpc) is 2.42. The minimum Gasteiger partial charge on any atom is -0.356 e. The molecule has 1 N–H and O–H groups in total. The van der Waals surface area contributed by atoms with E-state index in [0.29, 0.717) is 11.8 Å². The molecule has 2 unspecified atom stereocenters. The van der Waals surface area contributed by atoms with Crippen LogP contribution >= 0.6 is 0 Å². The van der Waals surface area contributed by atoms with Crippen LogP contribution in [-0.2, 0) is 4.79 Å². The van der Waals surface area contributed by atoms with Crippen molar-refractivity contribution in [3.05, 3.63) is 0 Å². The molecule has 0 radical (unpaired) electrons. The van der Waals surface area contributed by atoms with Gasteiger partial charge in [-0.1, -0.05) is 33.1 Å². The van der Waals surface area contributed by atoms with E-state index in [-0.39, 0.29) is 11.8 Å². The lowest BCUT2D eigenvalue weighted by atomic mass is 9.79. The fraction of sp³-hybridized carbons (Fsp3) is 0.923. The summed E-state index contributed by atoms with van der Waals surface area (Å²) in [6.07, 6.45) is 6.16. The highest BCUT2D eigenvalue weighted by Crippen LogP contribution is 2.33. The summed E-state index contributed by atoms with van der Waals surface area (Å²) in [6, 6.07) is 0. The van der Waals surface area contributed by atoms with E-state index in [1.807, 2.05) is 6.92 Å². The predicted octanol–water partition coefficient (Wildman–Crippen LogP) is 2.98. The molecule has 0 spiro atoms. The molecule has 15 heavy (non-hydrogen) atoms. The van der Waals surface area contributed by atoms with Gasteiger partial charge in [0.15, 0.2) is 0 Å². The van der Waals surface area contributed by atoms with E-state index in [9.17, 15) is 4.79 Å². The number of carbonyl (C=O) groups excluding carboxylic acids is 1. The van der Waals surface area contributed by atoms with Gasteiger partial charge in [-0.3, -0.25) is 4.79 Å². The summed E-state index contributed by atoms with van der Waals surface area (Å²) in [4.78, 5) is 12.0. The molecule has 0 aliphatic heterocycles. The Hall–Kier alpha value is -0.530. The maximum absolute atomic E-state index is 12.0. The van der Waals surface area contributed by atoms with Crippen LogP contribution in [0.3, 0.4) is 0 Å². The lowest BCUT2D eigenvalue weighted by molar-refractivity contribution is -0.127. The van der Waals surface area contributed by atoms with Crippen molar-refractivity contribution in [1.29, 1.82) is 0 Å². The Labute approximate surface area is 93.8 Å². The fourth-order valence-electron chi connectivity index (χ4n) is 2.77. The van der Waals surface area contributed by atoms with Crippen molar-refractivity contribution in [3.63, 3.8) is 0 Å². The topological polar surface area (TPSA) is 29.1 Å². The number of nitrogens with one attached hydrogen (secondary N) is 1. The molecule has 88 valence electrons. The maximum atomic E-state index is 12.0. The van der Waals surface area contributed by atoms with Gasteiger partial charge >= 0.3 is 0 Å². The fourth-order valence-corrected chi connectivity index (χ4v) is 2.77. The second-order valence-electron chi connectivity index (χ2n) is 5.05. The van der Waals surface area contributed by atoms with E-state index in [4.69, 9.17) is 0 Å².